The van der Waals surface area contributed by atoms with E-state index >= 15 is 0 Å². The second-order valence-electron chi connectivity index (χ2n) is 2.49. The normalized spacial score (nSPS) is 11.2. The molecule has 0 unspecified atom stereocenters. The van der Waals surface area contributed by atoms with Crippen molar-refractivity contribution >= 4 is 11.8 Å². The maximum Gasteiger partial charge on any atom is 0.231 e. The van der Waals surface area contributed by atoms with Gasteiger partial charge in [0.1, 0.15) is 5.40 Å². The molecule has 0 spiro atoms. The lowest BCUT2D eigenvalue weighted by Gasteiger charge is -2.29. The third kappa shape index (κ3) is 4.51. The Hall–Kier alpha value is -0.240. The Morgan fingerprint density at radius 2 is 1.77 bits per heavy atom. The number of nitriles is 1. The Kier molecular flexibility index (Phi) is 7.06. The highest BCUT2D eigenvalue weighted by Crippen LogP contribution is 2.32. The molecule has 0 aliphatic rings. The standard InChI is InChI=1S/C9H17NO2S/c1-4-7-9(11-5-2,12-6-3)13-8-10/h4-7H2,1-3H3. The van der Waals surface area contributed by atoms with E-state index in [9.17, 15) is 0 Å². The summed E-state index contributed by atoms with van der Waals surface area (Å²) in [7, 11) is 0. The maximum absolute atomic E-state index is 8.63. The van der Waals surface area contributed by atoms with Crippen LogP contribution in [0.3, 0.4) is 0 Å². The molecule has 0 aromatic carbocycles. The zero-order valence-electron chi connectivity index (χ0n) is 8.50. The highest BCUT2D eigenvalue weighted by atomic mass is 32.2. The molecule has 0 atom stereocenters. The van der Waals surface area contributed by atoms with Crippen LogP contribution in [0.25, 0.3) is 0 Å². The summed E-state index contributed by atoms with van der Waals surface area (Å²) < 4.78 is 10.9. The van der Waals surface area contributed by atoms with Crippen LogP contribution in [0.4, 0.5) is 0 Å². The van der Waals surface area contributed by atoms with E-state index in [1.165, 1.54) is 0 Å². The van der Waals surface area contributed by atoms with Gasteiger partial charge in [0.25, 0.3) is 0 Å². The lowest BCUT2D eigenvalue weighted by atomic mass is 10.3. The first kappa shape index (κ1) is 12.8. The van der Waals surface area contributed by atoms with E-state index in [0.29, 0.717) is 13.2 Å². The van der Waals surface area contributed by atoms with E-state index < -0.39 is 5.12 Å². The Bertz CT molecular complexity index is 150. The molecule has 0 aliphatic heterocycles. The van der Waals surface area contributed by atoms with Gasteiger partial charge in [0, 0.05) is 31.4 Å². The van der Waals surface area contributed by atoms with E-state index in [1.54, 1.807) is 0 Å². The fourth-order valence-electron chi connectivity index (χ4n) is 1.11. The lowest BCUT2D eigenvalue weighted by Crippen LogP contribution is -2.31. The summed E-state index contributed by atoms with van der Waals surface area (Å²) in [6.45, 7) is 6.98. The summed E-state index contributed by atoms with van der Waals surface area (Å²) in [5.41, 5.74) is 0. The van der Waals surface area contributed by atoms with Crippen molar-refractivity contribution in [1.82, 2.24) is 0 Å². The summed E-state index contributed by atoms with van der Waals surface area (Å²) in [4.78, 5) is 0. The molecule has 0 aromatic heterocycles. The predicted molar refractivity (Wildman–Crippen MR) is 54.1 cm³/mol. The SMILES string of the molecule is CCCC(OCC)(OCC)SC#N. The summed E-state index contributed by atoms with van der Waals surface area (Å²) in [6, 6.07) is 0. The van der Waals surface area contributed by atoms with E-state index in [4.69, 9.17) is 14.7 Å². The molecular weight excluding hydrogens is 186 g/mol. The third-order valence-corrected chi connectivity index (χ3v) is 2.33. The van der Waals surface area contributed by atoms with Crippen LogP contribution in [-0.4, -0.2) is 18.3 Å². The number of ether oxygens (including phenoxy) is 2. The van der Waals surface area contributed by atoms with Crippen LogP contribution in [0.2, 0.25) is 0 Å². The number of rotatable bonds is 7. The lowest BCUT2D eigenvalue weighted by molar-refractivity contribution is -0.168. The molecule has 0 N–H and O–H groups in total. The Balaban J connectivity index is 4.29. The summed E-state index contributed by atoms with van der Waals surface area (Å²) in [5.74, 6) is 0. The number of nitrogens with zero attached hydrogens (tertiary/aromatic N) is 1. The molecule has 0 aliphatic carbocycles. The van der Waals surface area contributed by atoms with Crippen LogP contribution in [-0.2, 0) is 9.47 Å². The molecule has 13 heavy (non-hydrogen) atoms. The van der Waals surface area contributed by atoms with Crippen LogP contribution < -0.4 is 0 Å². The molecule has 0 saturated carbocycles. The van der Waals surface area contributed by atoms with Crippen molar-refractivity contribution in [3.05, 3.63) is 0 Å². The smallest absolute Gasteiger partial charge is 0.231 e. The van der Waals surface area contributed by atoms with Crippen LogP contribution in [0.15, 0.2) is 0 Å². The van der Waals surface area contributed by atoms with Gasteiger partial charge in [-0.1, -0.05) is 13.3 Å². The fourth-order valence-corrected chi connectivity index (χ4v) is 1.91. The van der Waals surface area contributed by atoms with Crippen molar-refractivity contribution in [1.29, 1.82) is 5.26 Å². The van der Waals surface area contributed by atoms with Crippen molar-refractivity contribution in [2.75, 3.05) is 13.2 Å². The van der Waals surface area contributed by atoms with Gasteiger partial charge in [0.2, 0.25) is 5.12 Å². The Labute approximate surface area is 84.4 Å². The quantitative estimate of drug-likeness (QED) is 0.471. The second kappa shape index (κ2) is 7.19. The van der Waals surface area contributed by atoms with Gasteiger partial charge in [0.05, 0.1) is 0 Å². The van der Waals surface area contributed by atoms with Crippen molar-refractivity contribution in [3.8, 4) is 5.40 Å². The summed E-state index contributed by atoms with van der Waals surface area (Å²) in [5, 5.41) is 9.92. The summed E-state index contributed by atoms with van der Waals surface area (Å²) in [6.07, 6.45) is 1.68. The van der Waals surface area contributed by atoms with Crippen molar-refractivity contribution in [2.24, 2.45) is 0 Å². The minimum absolute atomic E-state index is 0.564. The molecule has 4 heteroatoms. The van der Waals surface area contributed by atoms with Gasteiger partial charge in [-0.2, -0.15) is 5.26 Å². The number of hydrogen-bond acceptors (Lipinski definition) is 4. The van der Waals surface area contributed by atoms with Gasteiger partial charge in [-0.25, -0.2) is 0 Å². The first-order valence-corrected chi connectivity index (χ1v) is 5.41. The Morgan fingerprint density at radius 3 is 2.08 bits per heavy atom. The van der Waals surface area contributed by atoms with Crippen LogP contribution >= 0.6 is 11.8 Å². The van der Waals surface area contributed by atoms with E-state index in [0.717, 1.165) is 24.6 Å². The van der Waals surface area contributed by atoms with Crippen LogP contribution in [0.1, 0.15) is 33.6 Å². The van der Waals surface area contributed by atoms with Gasteiger partial charge < -0.3 is 9.47 Å². The van der Waals surface area contributed by atoms with E-state index in [-0.39, 0.29) is 0 Å². The monoisotopic (exact) mass is 203 g/mol. The van der Waals surface area contributed by atoms with Crippen molar-refractivity contribution in [2.45, 2.75) is 38.7 Å². The molecule has 76 valence electrons. The molecule has 0 rings (SSSR count). The zero-order chi connectivity index (χ0) is 10.2. The van der Waals surface area contributed by atoms with Gasteiger partial charge in [-0.3, -0.25) is 0 Å². The van der Waals surface area contributed by atoms with Crippen molar-refractivity contribution < 1.29 is 9.47 Å². The van der Waals surface area contributed by atoms with Crippen LogP contribution in [0, 0.1) is 10.7 Å². The highest BCUT2D eigenvalue weighted by Gasteiger charge is 2.31. The molecule has 0 bridgehead atoms. The average molecular weight is 203 g/mol. The first-order chi connectivity index (χ1) is 6.24. The molecule has 0 fully saturated rings. The fraction of sp³-hybridized carbons (Fsp3) is 0.889. The third-order valence-electron chi connectivity index (χ3n) is 1.49. The number of hydrogen-bond donors (Lipinski definition) is 0. The number of thiocyanates is 1. The highest BCUT2D eigenvalue weighted by molar-refractivity contribution is 8.04. The summed E-state index contributed by atoms with van der Waals surface area (Å²) >= 11 is 1.06. The van der Waals surface area contributed by atoms with E-state index in [2.05, 4.69) is 0 Å². The van der Waals surface area contributed by atoms with Gasteiger partial charge in [-0.15, -0.1) is 0 Å². The molecule has 0 amide bonds. The average Bonchev–Trinajstić information content (AvgIpc) is 2.06. The van der Waals surface area contributed by atoms with Crippen molar-refractivity contribution in [3.63, 3.8) is 0 Å². The minimum atomic E-state index is -0.743. The Morgan fingerprint density at radius 1 is 1.23 bits per heavy atom. The van der Waals surface area contributed by atoms with Gasteiger partial charge in [-0.05, 0) is 13.8 Å². The number of thioether (sulfide) groups is 1. The largest absolute Gasteiger partial charge is 0.341 e. The molecule has 0 aromatic rings. The zero-order valence-corrected chi connectivity index (χ0v) is 9.32. The molecule has 0 saturated heterocycles. The minimum Gasteiger partial charge on any atom is -0.341 e. The molecular formula is C9H17NO2S. The first-order valence-electron chi connectivity index (χ1n) is 4.59. The van der Waals surface area contributed by atoms with Crippen LogP contribution in [0.5, 0.6) is 0 Å². The van der Waals surface area contributed by atoms with Gasteiger partial charge in [0.15, 0.2) is 0 Å². The van der Waals surface area contributed by atoms with Gasteiger partial charge >= 0.3 is 0 Å². The maximum atomic E-state index is 8.63. The molecule has 0 radical (unpaired) electrons. The molecule has 3 nitrogen and oxygen atoms in total. The second-order valence-corrected chi connectivity index (χ2v) is 3.50. The van der Waals surface area contributed by atoms with E-state index in [1.807, 2.05) is 26.2 Å². The molecule has 0 heterocycles. The predicted octanol–water partition coefficient (Wildman–Crippen LogP) is 2.73. The topological polar surface area (TPSA) is 42.2 Å².